The second-order valence-electron chi connectivity index (χ2n) is 2.84. The Labute approximate surface area is 90.0 Å². The van der Waals surface area contributed by atoms with Crippen LogP contribution in [0.3, 0.4) is 0 Å². The fraction of sp³-hybridized carbons (Fsp3) is 0.333. The Bertz CT molecular complexity index is 354. The zero-order valence-corrected chi connectivity index (χ0v) is 9.41. The molecular formula is C9H10BrNO3. The minimum Gasteiger partial charge on any atom is -0.479 e. The summed E-state index contributed by atoms with van der Waals surface area (Å²) >= 11 is 3.23. The summed E-state index contributed by atoms with van der Waals surface area (Å²) in [6.07, 6.45) is 0.762. The first-order valence-electron chi connectivity index (χ1n) is 4.02. The molecule has 0 bridgehead atoms. The molecule has 4 nitrogen and oxygen atoms in total. The van der Waals surface area contributed by atoms with E-state index in [0.717, 1.165) is 4.47 Å². The highest BCUT2D eigenvalue weighted by atomic mass is 79.9. The average molecular weight is 260 g/mol. The molecule has 1 unspecified atom stereocenters. The summed E-state index contributed by atoms with van der Waals surface area (Å²) in [7, 11) is 0. The monoisotopic (exact) mass is 259 g/mol. The van der Waals surface area contributed by atoms with Crippen LogP contribution in [0, 0.1) is 6.92 Å². The standard InChI is InChI=1S/C9H10BrNO3/c1-5-8(3-7(10)4-11-5)14-6(2)9(12)13/h3-4,6H,1-2H3,(H,12,13). The Morgan fingerprint density at radius 3 is 2.93 bits per heavy atom. The van der Waals surface area contributed by atoms with Crippen LogP contribution in [0.2, 0.25) is 0 Å². The first-order valence-corrected chi connectivity index (χ1v) is 4.81. The van der Waals surface area contributed by atoms with E-state index < -0.39 is 12.1 Å². The van der Waals surface area contributed by atoms with E-state index in [1.807, 2.05) is 0 Å². The molecule has 0 spiro atoms. The Morgan fingerprint density at radius 2 is 2.36 bits per heavy atom. The number of aromatic nitrogens is 1. The van der Waals surface area contributed by atoms with Gasteiger partial charge in [-0.25, -0.2) is 4.79 Å². The van der Waals surface area contributed by atoms with Crippen LogP contribution in [0.15, 0.2) is 16.7 Å². The molecule has 1 aromatic rings. The number of ether oxygens (including phenoxy) is 1. The van der Waals surface area contributed by atoms with E-state index in [1.54, 1.807) is 19.2 Å². The van der Waals surface area contributed by atoms with Crippen molar-refractivity contribution in [1.82, 2.24) is 4.98 Å². The number of carboxylic acid groups (broad SMARTS) is 1. The van der Waals surface area contributed by atoms with E-state index in [2.05, 4.69) is 20.9 Å². The maximum atomic E-state index is 10.5. The van der Waals surface area contributed by atoms with Crippen molar-refractivity contribution >= 4 is 21.9 Å². The number of nitrogens with zero attached hydrogens (tertiary/aromatic N) is 1. The van der Waals surface area contributed by atoms with Crippen molar-refractivity contribution in [1.29, 1.82) is 0 Å². The molecule has 1 heterocycles. The van der Waals surface area contributed by atoms with Gasteiger partial charge < -0.3 is 9.84 Å². The highest BCUT2D eigenvalue weighted by molar-refractivity contribution is 9.10. The SMILES string of the molecule is Cc1ncc(Br)cc1OC(C)C(=O)O. The van der Waals surface area contributed by atoms with Gasteiger partial charge in [0.05, 0.1) is 5.69 Å². The van der Waals surface area contributed by atoms with E-state index in [4.69, 9.17) is 9.84 Å². The third kappa shape index (κ3) is 2.70. The lowest BCUT2D eigenvalue weighted by molar-refractivity contribution is -0.144. The number of carbonyl (C=O) groups is 1. The van der Waals surface area contributed by atoms with Crippen LogP contribution >= 0.6 is 15.9 Å². The van der Waals surface area contributed by atoms with Crippen molar-refractivity contribution < 1.29 is 14.6 Å². The van der Waals surface area contributed by atoms with Crippen LogP contribution in [-0.4, -0.2) is 22.2 Å². The number of aryl methyl sites for hydroxylation is 1. The van der Waals surface area contributed by atoms with E-state index in [-0.39, 0.29) is 0 Å². The molecule has 5 heteroatoms. The summed E-state index contributed by atoms with van der Waals surface area (Å²) in [5.74, 6) is -0.515. The molecule has 14 heavy (non-hydrogen) atoms. The zero-order chi connectivity index (χ0) is 10.7. The fourth-order valence-corrected chi connectivity index (χ4v) is 1.16. The van der Waals surface area contributed by atoms with E-state index >= 15 is 0 Å². The molecule has 0 amide bonds. The molecule has 0 aliphatic rings. The molecule has 0 radical (unpaired) electrons. The van der Waals surface area contributed by atoms with Crippen molar-refractivity contribution in [3.05, 3.63) is 22.4 Å². The summed E-state index contributed by atoms with van der Waals surface area (Å²) in [5, 5.41) is 8.65. The van der Waals surface area contributed by atoms with Gasteiger partial charge >= 0.3 is 5.97 Å². The molecule has 1 N–H and O–H groups in total. The number of pyridine rings is 1. The second-order valence-corrected chi connectivity index (χ2v) is 3.75. The number of carboxylic acids is 1. The molecule has 1 rings (SSSR count). The predicted molar refractivity (Wildman–Crippen MR) is 54.4 cm³/mol. The number of rotatable bonds is 3. The van der Waals surface area contributed by atoms with Crippen molar-refractivity contribution in [3.8, 4) is 5.75 Å². The van der Waals surface area contributed by atoms with Gasteiger partial charge in [-0.2, -0.15) is 0 Å². The summed E-state index contributed by atoms with van der Waals surface area (Å²) in [6, 6.07) is 1.70. The third-order valence-electron chi connectivity index (χ3n) is 1.66. The normalized spacial score (nSPS) is 12.2. The summed E-state index contributed by atoms with van der Waals surface area (Å²) in [5.41, 5.74) is 0.668. The molecule has 76 valence electrons. The topological polar surface area (TPSA) is 59.4 Å². The molecule has 1 aromatic heterocycles. The van der Waals surface area contributed by atoms with Crippen molar-refractivity contribution in [2.45, 2.75) is 20.0 Å². The largest absolute Gasteiger partial charge is 0.479 e. The number of hydrogen-bond acceptors (Lipinski definition) is 3. The van der Waals surface area contributed by atoms with Crippen LogP contribution < -0.4 is 4.74 Å². The fourth-order valence-electron chi connectivity index (χ4n) is 0.849. The van der Waals surface area contributed by atoms with Gasteiger partial charge in [-0.3, -0.25) is 4.98 Å². The molecule has 0 aromatic carbocycles. The molecular weight excluding hydrogens is 250 g/mol. The van der Waals surface area contributed by atoms with Gasteiger partial charge in [0.2, 0.25) is 0 Å². The molecule has 0 fully saturated rings. The second kappa shape index (κ2) is 4.41. The predicted octanol–water partition coefficient (Wildman–Crippen LogP) is 2.00. The minimum absolute atomic E-state index is 0.481. The maximum absolute atomic E-state index is 10.5. The van der Waals surface area contributed by atoms with Gasteiger partial charge in [-0.05, 0) is 35.8 Å². The number of aliphatic carboxylic acids is 1. The van der Waals surface area contributed by atoms with E-state index in [1.165, 1.54) is 6.92 Å². The molecule has 1 atom stereocenters. The van der Waals surface area contributed by atoms with Crippen molar-refractivity contribution in [2.24, 2.45) is 0 Å². The molecule has 0 saturated heterocycles. The van der Waals surface area contributed by atoms with Gasteiger partial charge in [-0.1, -0.05) is 0 Å². The Balaban J connectivity index is 2.85. The lowest BCUT2D eigenvalue weighted by Gasteiger charge is -2.11. The average Bonchev–Trinajstić information content (AvgIpc) is 2.11. The summed E-state index contributed by atoms with van der Waals surface area (Å²) in [4.78, 5) is 14.6. The highest BCUT2D eigenvalue weighted by Crippen LogP contribution is 2.21. The molecule has 0 saturated carbocycles. The Hall–Kier alpha value is -1.10. The van der Waals surface area contributed by atoms with Gasteiger partial charge in [0.15, 0.2) is 6.10 Å². The van der Waals surface area contributed by atoms with E-state index in [0.29, 0.717) is 11.4 Å². The number of halogens is 1. The highest BCUT2D eigenvalue weighted by Gasteiger charge is 2.14. The number of hydrogen-bond donors (Lipinski definition) is 1. The lowest BCUT2D eigenvalue weighted by Crippen LogP contribution is -2.23. The first kappa shape index (κ1) is 11.0. The van der Waals surface area contributed by atoms with Crippen LogP contribution in [-0.2, 0) is 4.79 Å². The van der Waals surface area contributed by atoms with E-state index in [9.17, 15) is 4.79 Å². The smallest absolute Gasteiger partial charge is 0.344 e. The van der Waals surface area contributed by atoms with Crippen LogP contribution in [0.1, 0.15) is 12.6 Å². The maximum Gasteiger partial charge on any atom is 0.344 e. The van der Waals surface area contributed by atoms with Gasteiger partial charge in [0.25, 0.3) is 0 Å². The quantitative estimate of drug-likeness (QED) is 0.902. The zero-order valence-electron chi connectivity index (χ0n) is 7.82. The van der Waals surface area contributed by atoms with Crippen LogP contribution in [0.4, 0.5) is 0 Å². The first-order chi connectivity index (χ1) is 6.50. The summed E-state index contributed by atoms with van der Waals surface area (Å²) < 4.78 is 5.96. The Kier molecular flexibility index (Phi) is 3.46. The summed E-state index contributed by atoms with van der Waals surface area (Å²) in [6.45, 7) is 3.24. The lowest BCUT2D eigenvalue weighted by atomic mass is 10.3. The van der Waals surface area contributed by atoms with Crippen molar-refractivity contribution in [3.63, 3.8) is 0 Å². The minimum atomic E-state index is -0.996. The van der Waals surface area contributed by atoms with Crippen molar-refractivity contribution in [2.75, 3.05) is 0 Å². The molecule has 0 aliphatic heterocycles. The Morgan fingerprint density at radius 1 is 1.71 bits per heavy atom. The van der Waals surface area contributed by atoms with Crippen LogP contribution in [0.5, 0.6) is 5.75 Å². The third-order valence-corrected chi connectivity index (χ3v) is 2.09. The van der Waals surface area contributed by atoms with Gasteiger partial charge in [-0.15, -0.1) is 0 Å². The van der Waals surface area contributed by atoms with Gasteiger partial charge in [0.1, 0.15) is 5.75 Å². The molecule has 0 aliphatic carbocycles. The van der Waals surface area contributed by atoms with Crippen LogP contribution in [0.25, 0.3) is 0 Å². The van der Waals surface area contributed by atoms with Gasteiger partial charge in [0, 0.05) is 10.7 Å².